The summed E-state index contributed by atoms with van der Waals surface area (Å²) in [4.78, 5) is 24.4. The molecule has 0 aromatic heterocycles. The Labute approximate surface area is 88.7 Å². The lowest BCUT2D eigenvalue weighted by Crippen LogP contribution is -2.41. The van der Waals surface area contributed by atoms with E-state index in [2.05, 4.69) is 0 Å². The number of Topliss-reactive ketones (excluding diaryl/α,β-unsaturated/α-hetero) is 1. The maximum absolute atomic E-state index is 11.6. The van der Waals surface area contributed by atoms with Gasteiger partial charge in [0.1, 0.15) is 0 Å². The number of piperidine rings is 1. The number of ketones is 1. The van der Waals surface area contributed by atoms with Crippen LogP contribution in [-0.2, 0) is 9.59 Å². The monoisotopic (exact) mass is 203 g/mol. The van der Waals surface area contributed by atoms with Crippen LogP contribution in [0.15, 0.2) is 24.3 Å². The SMILES string of the molecule is Cc1ccc(N2CCCC(=O)C2=O)cc1. The lowest BCUT2D eigenvalue weighted by atomic mass is 10.1. The van der Waals surface area contributed by atoms with Gasteiger partial charge in [0.05, 0.1) is 0 Å². The molecule has 0 N–H and O–H groups in total. The number of amides is 1. The summed E-state index contributed by atoms with van der Waals surface area (Å²) >= 11 is 0. The molecule has 15 heavy (non-hydrogen) atoms. The van der Waals surface area contributed by atoms with E-state index in [1.807, 2.05) is 31.2 Å². The fourth-order valence-electron chi connectivity index (χ4n) is 1.73. The van der Waals surface area contributed by atoms with E-state index in [9.17, 15) is 9.59 Å². The molecule has 0 radical (unpaired) electrons. The minimum absolute atomic E-state index is 0.276. The third-order valence-electron chi connectivity index (χ3n) is 2.61. The summed E-state index contributed by atoms with van der Waals surface area (Å²) in [5.74, 6) is -0.646. The Morgan fingerprint density at radius 2 is 1.80 bits per heavy atom. The zero-order chi connectivity index (χ0) is 10.8. The van der Waals surface area contributed by atoms with Gasteiger partial charge in [0.15, 0.2) is 0 Å². The van der Waals surface area contributed by atoms with Gasteiger partial charge in [-0.25, -0.2) is 0 Å². The first kappa shape index (κ1) is 9.90. The van der Waals surface area contributed by atoms with Gasteiger partial charge >= 0.3 is 0 Å². The quantitative estimate of drug-likeness (QED) is 0.651. The summed E-state index contributed by atoms with van der Waals surface area (Å²) in [6.45, 7) is 2.64. The smallest absolute Gasteiger partial charge is 0.294 e. The number of rotatable bonds is 1. The molecule has 1 aliphatic rings. The van der Waals surface area contributed by atoms with Crippen LogP contribution >= 0.6 is 0 Å². The molecular formula is C12H13NO2. The van der Waals surface area contributed by atoms with Crippen molar-refractivity contribution in [3.63, 3.8) is 0 Å². The van der Waals surface area contributed by atoms with Gasteiger partial charge in [0.2, 0.25) is 5.78 Å². The lowest BCUT2D eigenvalue weighted by Gasteiger charge is -2.25. The van der Waals surface area contributed by atoms with Crippen molar-refractivity contribution < 1.29 is 9.59 Å². The molecular weight excluding hydrogens is 190 g/mol. The minimum Gasteiger partial charge on any atom is -0.306 e. The molecule has 0 unspecified atom stereocenters. The van der Waals surface area contributed by atoms with E-state index in [0.717, 1.165) is 17.7 Å². The molecule has 1 aliphatic heterocycles. The molecule has 0 bridgehead atoms. The van der Waals surface area contributed by atoms with Gasteiger partial charge in [0, 0.05) is 18.7 Å². The van der Waals surface area contributed by atoms with E-state index < -0.39 is 0 Å². The van der Waals surface area contributed by atoms with Crippen LogP contribution in [0.25, 0.3) is 0 Å². The van der Waals surface area contributed by atoms with Crippen LogP contribution in [0.1, 0.15) is 18.4 Å². The molecule has 1 aromatic carbocycles. The molecule has 0 aliphatic carbocycles. The van der Waals surface area contributed by atoms with Crippen molar-refractivity contribution in [1.82, 2.24) is 0 Å². The Bertz CT molecular complexity index is 395. The van der Waals surface area contributed by atoms with E-state index in [1.54, 1.807) is 4.90 Å². The summed E-state index contributed by atoms with van der Waals surface area (Å²) in [7, 11) is 0. The molecule has 1 amide bonds. The Morgan fingerprint density at radius 1 is 1.13 bits per heavy atom. The van der Waals surface area contributed by atoms with E-state index in [1.165, 1.54) is 0 Å². The van der Waals surface area contributed by atoms with Crippen molar-refractivity contribution >= 4 is 17.4 Å². The summed E-state index contributed by atoms with van der Waals surface area (Å²) in [6, 6.07) is 7.65. The van der Waals surface area contributed by atoms with Crippen LogP contribution in [-0.4, -0.2) is 18.2 Å². The number of nitrogens with zero attached hydrogens (tertiary/aromatic N) is 1. The predicted molar refractivity (Wildman–Crippen MR) is 57.8 cm³/mol. The van der Waals surface area contributed by atoms with Crippen LogP contribution in [0.2, 0.25) is 0 Å². The van der Waals surface area contributed by atoms with Crippen LogP contribution in [0.5, 0.6) is 0 Å². The van der Waals surface area contributed by atoms with Crippen molar-refractivity contribution in [1.29, 1.82) is 0 Å². The number of hydrogen-bond acceptors (Lipinski definition) is 2. The maximum Gasteiger partial charge on any atom is 0.294 e. The number of benzene rings is 1. The highest BCUT2D eigenvalue weighted by atomic mass is 16.2. The highest BCUT2D eigenvalue weighted by Gasteiger charge is 2.26. The van der Waals surface area contributed by atoms with Crippen LogP contribution < -0.4 is 4.90 Å². The molecule has 0 atom stereocenters. The average molecular weight is 203 g/mol. The molecule has 2 rings (SSSR count). The maximum atomic E-state index is 11.6. The van der Waals surface area contributed by atoms with Crippen LogP contribution in [0, 0.1) is 6.92 Å². The number of aryl methyl sites for hydroxylation is 1. The van der Waals surface area contributed by atoms with Gasteiger partial charge in [-0.05, 0) is 25.5 Å². The molecule has 1 heterocycles. The predicted octanol–water partition coefficient (Wildman–Crippen LogP) is 1.69. The molecule has 3 nitrogen and oxygen atoms in total. The molecule has 1 saturated heterocycles. The number of hydrogen-bond donors (Lipinski definition) is 0. The fourth-order valence-corrected chi connectivity index (χ4v) is 1.73. The third kappa shape index (κ3) is 1.91. The van der Waals surface area contributed by atoms with Crippen molar-refractivity contribution in [3.8, 4) is 0 Å². The summed E-state index contributed by atoms with van der Waals surface area (Å²) < 4.78 is 0. The Kier molecular flexibility index (Phi) is 2.54. The highest BCUT2D eigenvalue weighted by molar-refractivity contribution is 6.41. The lowest BCUT2D eigenvalue weighted by molar-refractivity contribution is -0.137. The standard InChI is InChI=1S/C12H13NO2/c1-9-4-6-10(7-5-9)13-8-2-3-11(14)12(13)15/h4-7H,2-3,8H2,1H3. The van der Waals surface area contributed by atoms with Gasteiger partial charge in [-0.2, -0.15) is 0 Å². The fraction of sp³-hybridized carbons (Fsp3) is 0.333. The van der Waals surface area contributed by atoms with Crippen LogP contribution in [0.4, 0.5) is 5.69 Å². The molecule has 0 saturated carbocycles. The first-order chi connectivity index (χ1) is 7.18. The van der Waals surface area contributed by atoms with Gasteiger partial charge in [0.25, 0.3) is 5.91 Å². The summed E-state index contributed by atoms with van der Waals surface area (Å²) in [6.07, 6.45) is 1.15. The second-order valence-corrected chi connectivity index (χ2v) is 3.82. The van der Waals surface area contributed by atoms with Crippen molar-refractivity contribution in [2.24, 2.45) is 0 Å². The largest absolute Gasteiger partial charge is 0.306 e. The first-order valence-corrected chi connectivity index (χ1v) is 5.10. The summed E-state index contributed by atoms with van der Waals surface area (Å²) in [5.41, 5.74) is 1.97. The zero-order valence-electron chi connectivity index (χ0n) is 8.69. The second kappa shape index (κ2) is 3.85. The minimum atomic E-state index is -0.370. The molecule has 1 fully saturated rings. The summed E-state index contributed by atoms with van der Waals surface area (Å²) in [5, 5.41) is 0. The Balaban J connectivity index is 2.26. The van der Waals surface area contributed by atoms with Crippen molar-refractivity contribution in [2.45, 2.75) is 19.8 Å². The van der Waals surface area contributed by atoms with E-state index in [-0.39, 0.29) is 11.7 Å². The topological polar surface area (TPSA) is 37.4 Å². The van der Waals surface area contributed by atoms with Gasteiger partial charge in [-0.15, -0.1) is 0 Å². The number of carbonyl (C=O) groups is 2. The Morgan fingerprint density at radius 3 is 2.47 bits per heavy atom. The highest BCUT2D eigenvalue weighted by Crippen LogP contribution is 2.19. The Hall–Kier alpha value is -1.64. The van der Waals surface area contributed by atoms with Crippen molar-refractivity contribution in [3.05, 3.63) is 29.8 Å². The van der Waals surface area contributed by atoms with E-state index in [0.29, 0.717) is 13.0 Å². The second-order valence-electron chi connectivity index (χ2n) is 3.82. The van der Waals surface area contributed by atoms with E-state index >= 15 is 0 Å². The molecule has 3 heteroatoms. The van der Waals surface area contributed by atoms with Crippen LogP contribution in [0.3, 0.4) is 0 Å². The third-order valence-corrected chi connectivity index (χ3v) is 2.61. The number of anilines is 1. The van der Waals surface area contributed by atoms with E-state index in [4.69, 9.17) is 0 Å². The zero-order valence-corrected chi connectivity index (χ0v) is 8.69. The molecule has 78 valence electrons. The molecule has 0 spiro atoms. The normalized spacial score (nSPS) is 17.0. The first-order valence-electron chi connectivity index (χ1n) is 5.10. The van der Waals surface area contributed by atoms with Gasteiger partial charge < -0.3 is 4.90 Å². The van der Waals surface area contributed by atoms with Gasteiger partial charge in [-0.1, -0.05) is 17.7 Å². The molecule has 1 aromatic rings. The average Bonchev–Trinajstić information content (AvgIpc) is 2.24. The van der Waals surface area contributed by atoms with Crippen molar-refractivity contribution in [2.75, 3.05) is 11.4 Å². The van der Waals surface area contributed by atoms with Gasteiger partial charge in [-0.3, -0.25) is 9.59 Å². The number of carbonyl (C=O) groups excluding carboxylic acids is 2.